The minimum absolute atomic E-state index is 0.134. The van der Waals surface area contributed by atoms with Crippen molar-refractivity contribution < 1.29 is 14.3 Å². The van der Waals surface area contributed by atoms with Crippen LogP contribution in [-0.4, -0.2) is 31.6 Å². The number of benzene rings is 2. The summed E-state index contributed by atoms with van der Waals surface area (Å²) < 4.78 is 10.7. The molecule has 2 aromatic rings. The minimum atomic E-state index is -0.633. The van der Waals surface area contributed by atoms with Gasteiger partial charge in [-0.1, -0.05) is 30.3 Å². The van der Waals surface area contributed by atoms with Gasteiger partial charge in [-0.2, -0.15) is 0 Å². The lowest BCUT2D eigenvalue weighted by atomic mass is 9.82. The summed E-state index contributed by atoms with van der Waals surface area (Å²) in [5.41, 5.74) is 2.88. The summed E-state index contributed by atoms with van der Waals surface area (Å²) in [6, 6.07) is 14.0. The first kappa shape index (κ1) is 17.3. The van der Waals surface area contributed by atoms with Crippen molar-refractivity contribution in [3.8, 4) is 11.5 Å². The van der Waals surface area contributed by atoms with Crippen LogP contribution in [-0.2, 0) is 23.2 Å². The number of carbonyl (C=O) groups excluding carboxylic acids is 1. The maximum absolute atomic E-state index is 13.2. The molecule has 1 aliphatic heterocycles. The van der Waals surface area contributed by atoms with E-state index in [-0.39, 0.29) is 5.91 Å². The van der Waals surface area contributed by atoms with Crippen molar-refractivity contribution in [1.29, 1.82) is 0 Å². The summed E-state index contributed by atoms with van der Waals surface area (Å²) in [4.78, 5) is 15.2. The average Bonchev–Trinajstić information content (AvgIpc) is 2.66. The summed E-state index contributed by atoms with van der Waals surface area (Å²) >= 11 is 0. The van der Waals surface area contributed by atoms with E-state index in [2.05, 4.69) is 18.2 Å². The van der Waals surface area contributed by atoms with Gasteiger partial charge < -0.3 is 14.4 Å². The number of amides is 1. The molecule has 3 rings (SSSR count). The summed E-state index contributed by atoms with van der Waals surface area (Å²) in [7, 11) is 3.22. The Bertz CT molecular complexity index is 782. The smallest absolute Gasteiger partial charge is 0.232 e. The summed E-state index contributed by atoms with van der Waals surface area (Å²) in [5, 5.41) is 0. The van der Waals surface area contributed by atoms with Gasteiger partial charge in [0.15, 0.2) is 11.5 Å². The molecule has 0 atom stereocenters. The number of hydrogen-bond acceptors (Lipinski definition) is 3. The molecule has 0 aromatic heterocycles. The van der Waals surface area contributed by atoms with E-state index in [4.69, 9.17) is 9.47 Å². The summed E-state index contributed by atoms with van der Waals surface area (Å²) in [5.74, 6) is 1.44. The van der Waals surface area contributed by atoms with E-state index in [0.717, 1.165) is 18.5 Å². The van der Waals surface area contributed by atoms with Gasteiger partial charge in [0.05, 0.1) is 19.6 Å². The van der Waals surface area contributed by atoms with Crippen LogP contribution in [0.15, 0.2) is 42.5 Å². The van der Waals surface area contributed by atoms with Crippen molar-refractivity contribution in [3.05, 3.63) is 59.2 Å². The number of ether oxygens (including phenoxy) is 2. The minimum Gasteiger partial charge on any atom is -0.493 e. The van der Waals surface area contributed by atoms with Gasteiger partial charge >= 0.3 is 0 Å². The molecule has 1 heterocycles. The molecule has 0 spiro atoms. The quantitative estimate of drug-likeness (QED) is 0.855. The zero-order chi connectivity index (χ0) is 18.0. The molecule has 0 bridgehead atoms. The van der Waals surface area contributed by atoms with Crippen LogP contribution in [0.5, 0.6) is 11.5 Å². The molecule has 1 amide bonds. The van der Waals surface area contributed by atoms with Crippen molar-refractivity contribution in [3.63, 3.8) is 0 Å². The van der Waals surface area contributed by atoms with E-state index in [9.17, 15) is 4.79 Å². The molecular weight excluding hydrogens is 314 g/mol. The number of fused-ring (bicyclic) bond motifs is 1. The fourth-order valence-corrected chi connectivity index (χ4v) is 3.41. The van der Waals surface area contributed by atoms with E-state index < -0.39 is 5.41 Å². The van der Waals surface area contributed by atoms with Crippen LogP contribution in [0.4, 0.5) is 0 Å². The first-order valence-electron chi connectivity index (χ1n) is 8.56. The van der Waals surface area contributed by atoms with Crippen LogP contribution in [0.3, 0.4) is 0 Å². The van der Waals surface area contributed by atoms with Crippen LogP contribution in [0.2, 0.25) is 0 Å². The Balaban J connectivity index is 1.86. The van der Waals surface area contributed by atoms with E-state index in [1.165, 1.54) is 11.1 Å². The van der Waals surface area contributed by atoms with Gasteiger partial charge in [-0.15, -0.1) is 0 Å². The van der Waals surface area contributed by atoms with E-state index in [1.54, 1.807) is 14.2 Å². The normalized spacial score (nSPS) is 14.0. The molecule has 2 aromatic carbocycles. The van der Waals surface area contributed by atoms with Crippen molar-refractivity contribution in [2.24, 2.45) is 0 Å². The highest BCUT2D eigenvalue weighted by Gasteiger charge is 2.35. The van der Waals surface area contributed by atoms with Crippen LogP contribution in [0, 0.1) is 0 Å². The van der Waals surface area contributed by atoms with Crippen molar-refractivity contribution >= 4 is 5.91 Å². The van der Waals surface area contributed by atoms with Gasteiger partial charge in [0.25, 0.3) is 0 Å². The van der Waals surface area contributed by atoms with E-state index in [0.29, 0.717) is 18.0 Å². The van der Waals surface area contributed by atoms with E-state index >= 15 is 0 Å². The average molecular weight is 339 g/mol. The first-order valence-corrected chi connectivity index (χ1v) is 8.56. The Labute approximate surface area is 149 Å². The van der Waals surface area contributed by atoms with Gasteiger partial charge in [0.1, 0.15) is 0 Å². The highest BCUT2D eigenvalue weighted by Crippen LogP contribution is 2.35. The molecule has 4 nitrogen and oxygen atoms in total. The predicted molar refractivity (Wildman–Crippen MR) is 98.1 cm³/mol. The Morgan fingerprint density at radius 3 is 2.36 bits per heavy atom. The fourth-order valence-electron chi connectivity index (χ4n) is 3.41. The highest BCUT2D eigenvalue weighted by molar-refractivity contribution is 5.87. The van der Waals surface area contributed by atoms with Gasteiger partial charge in [0.2, 0.25) is 5.91 Å². The van der Waals surface area contributed by atoms with Crippen LogP contribution in [0.25, 0.3) is 0 Å². The van der Waals surface area contributed by atoms with Gasteiger partial charge in [-0.3, -0.25) is 4.79 Å². The lowest BCUT2D eigenvalue weighted by molar-refractivity contribution is -0.137. The second kappa shape index (κ2) is 6.79. The molecule has 1 aliphatic rings. The maximum atomic E-state index is 13.2. The maximum Gasteiger partial charge on any atom is 0.232 e. The SMILES string of the molecule is COc1ccc(C(C)(C)C(=O)N2CCc3ccccc3C2)cc1OC. The number of nitrogens with zero attached hydrogens (tertiary/aromatic N) is 1. The van der Waals surface area contributed by atoms with Gasteiger partial charge in [-0.25, -0.2) is 0 Å². The van der Waals surface area contributed by atoms with E-state index in [1.807, 2.05) is 43.0 Å². The second-order valence-corrected chi connectivity index (χ2v) is 6.94. The summed E-state index contributed by atoms with van der Waals surface area (Å²) in [6.45, 7) is 5.37. The largest absolute Gasteiger partial charge is 0.493 e. The third kappa shape index (κ3) is 3.21. The second-order valence-electron chi connectivity index (χ2n) is 6.94. The van der Waals surface area contributed by atoms with Crippen LogP contribution >= 0.6 is 0 Å². The zero-order valence-electron chi connectivity index (χ0n) is 15.3. The molecule has 132 valence electrons. The molecule has 0 aliphatic carbocycles. The van der Waals surface area contributed by atoms with Gasteiger partial charge in [-0.05, 0) is 49.1 Å². The standard InChI is InChI=1S/C21H25NO3/c1-21(2,17-9-10-18(24-3)19(13-17)25-4)20(23)22-12-11-15-7-5-6-8-16(15)14-22/h5-10,13H,11-12,14H2,1-4H3. The molecule has 0 fully saturated rings. The Morgan fingerprint density at radius 2 is 1.68 bits per heavy atom. The lowest BCUT2D eigenvalue weighted by Crippen LogP contribution is -2.45. The van der Waals surface area contributed by atoms with Crippen molar-refractivity contribution in [2.75, 3.05) is 20.8 Å². The van der Waals surface area contributed by atoms with Crippen LogP contribution < -0.4 is 9.47 Å². The molecule has 4 heteroatoms. The third-order valence-electron chi connectivity index (χ3n) is 5.06. The fraction of sp³-hybridized carbons (Fsp3) is 0.381. The van der Waals surface area contributed by atoms with Crippen molar-refractivity contribution in [2.45, 2.75) is 32.2 Å². The Kier molecular flexibility index (Phi) is 4.71. The number of hydrogen-bond donors (Lipinski definition) is 0. The third-order valence-corrected chi connectivity index (χ3v) is 5.06. The molecular formula is C21H25NO3. The van der Waals surface area contributed by atoms with Gasteiger partial charge in [0, 0.05) is 13.1 Å². The number of rotatable bonds is 4. The zero-order valence-corrected chi connectivity index (χ0v) is 15.3. The predicted octanol–water partition coefficient (Wildman–Crippen LogP) is 3.57. The number of methoxy groups -OCH3 is 2. The monoisotopic (exact) mass is 339 g/mol. The molecule has 0 saturated carbocycles. The number of carbonyl (C=O) groups is 1. The van der Waals surface area contributed by atoms with Crippen LogP contribution in [0.1, 0.15) is 30.5 Å². The Morgan fingerprint density at radius 1 is 1.00 bits per heavy atom. The van der Waals surface area contributed by atoms with Crippen molar-refractivity contribution in [1.82, 2.24) is 4.90 Å². The molecule has 0 saturated heterocycles. The molecule has 0 unspecified atom stereocenters. The molecule has 0 N–H and O–H groups in total. The highest BCUT2D eigenvalue weighted by atomic mass is 16.5. The lowest BCUT2D eigenvalue weighted by Gasteiger charge is -2.35. The summed E-state index contributed by atoms with van der Waals surface area (Å²) in [6.07, 6.45) is 0.907. The Hall–Kier alpha value is -2.49. The first-order chi connectivity index (χ1) is 12.0. The molecule has 0 radical (unpaired) electrons. The molecule has 25 heavy (non-hydrogen) atoms. The topological polar surface area (TPSA) is 38.8 Å².